The van der Waals surface area contributed by atoms with E-state index in [9.17, 15) is 14.5 Å². The van der Waals surface area contributed by atoms with Crippen LogP contribution in [-0.2, 0) is 9.57 Å². The van der Waals surface area contributed by atoms with Gasteiger partial charge < -0.3 is 9.84 Å². The van der Waals surface area contributed by atoms with Gasteiger partial charge in [-0.3, -0.25) is 14.3 Å². The lowest BCUT2D eigenvalue weighted by Gasteiger charge is -2.14. The molecule has 0 bridgehead atoms. The van der Waals surface area contributed by atoms with Gasteiger partial charge >= 0.3 is 10.8 Å². The average Bonchev–Trinajstić information content (AvgIpc) is 2.75. The second-order valence-corrected chi connectivity index (χ2v) is 4.41. The fraction of sp³-hybridized carbons (Fsp3) is 0.600. The van der Waals surface area contributed by atoms with Gasteiger partial charge in [0.05, 0.1) is 6.61 Å². The quantitative estimate of drug-likeness (QED) is 0.579. The molecule has 0 spiro atoms. The molecule has 1 aromatic heterocycles. The number of hydrogen-bond donors (Lipinski definition) is 3. The van der Waals surface area contributed by atoms with Crippen LogP contribution in [0, 0.1) is 11.8 Å². The van der Waals surface area contributed by atoms with Gasteiger partial charge in [-0.15, -0.1) is 0 Å². The Morgan fingerprint density at radius 3 is 2.90 bits per heavy atom. The highest BCUT2D eigenvalue weighted by Gasteiger charge is 2.42. The summed E-state index contributed by atoms with van der Waals surface area (Å²) in [5.74, 6) is 0. The van der Waals surface area contributed by atoms with Crippen molar-refractivity contribution >= 4 is 0 Å². The maximum atomic E-state index is 11.7. The Balaban J connectivity index is 2.27. The van der Waals surface area contributed by atoms with E-state index in [4.69, 9.17) is 15.1 Å². The largest absolute Gasteiger partial charge is 0.475 e. The van der Waals surface area contributed by atoms with E-state index in [1.54, 1.807) is 0 Å². The maximum absolute atomic E-state index is 11.7. The summed E-state index contributed by atoms with van der Waals surface area (Å²) in [5, 5.41) is 16.9. The number of aromatic amines is 1. The summed E-state index contributed by atoms with van der Waals surface area (Å²) in [6, 6.07) is 0. The predicted molar refractivity (Wildman–Crippen MR) is 62.0 cm³/mol. The molecule has 0 aliphatic carbocycles. The van der Waals surface area contributed by atoms with Crippen molar-refractivity contribution in [1.82, 2.24) is 9.55 Å². The van der Waals surface area contributed by atoms with Gasteiger partial charge in [0.15, 0.2) is 0 Å². The molecule has 1 aliphatic heterocycles. The topological polar surface area (TPSA) is 134 Å². The SMILES string of the molecule is Cc1cn([C@H]2C[C@@H](O[N+](=O)O)[C@@H](CO)O2)c(=O)[nH]c1=O. The maximum Gasteiger partial charge on any atom is 0.475 e. The minimum absolute atomic E-state index is 0.0515. The molecule has 20 heavy (non-hydrogen) atoms. The number of H-pyrrole nitrogens is 1. The molecule has 1 aromatic rings. The van der Waals surface area contributed by atoms with E-state index in [-0.39, 0.29) is 6.42 Å². The summed E-state index contributed by atoms with van der Waals surface area (Å²) in [7, 11) is 0. The lowest BCUT2D eigenvalue weighted by Crippen LogP contribution is -2.33. The van der Waals surface area contributed by atoms with Crippen LogP contribution in [0.15, 0.2) is 15.8 Å². The number of hydrogen-bond acceptors (Lipinski definition) is 6. The second-order valence-electron chi connectivity index (χ2n) is 4.41. The molecule has 0 unspecified atom stereocenters. The van der Waals surface area contributed by atoms with Crippen molar-refractivity contribution in [3.8, 4) is 0 Å². The summed E-state index contributed by atoms with van der Waals surface area (Å²) in [6.45, 7) is 1.07. The molecule has 3 atom stereocenters. The highest BCUT2D eigenvalue weighted by atomic mass is 17.0. The van der Waals surface area contributed by atoms with E-state index < -0.39 is 41.4 Å². The smallest absolute Gasteiger partial charge is 0.394 e. The summed E-state index contributed by atoms with van der Waals surface area (Å²) in [4.78, 5) is 40.1. The van der Waals surface area contributed by atoms with E-state index in [0.717, 1.165) is 4.57 Å². The van der Waals surface area contributed by atoms with Gasteiger partial charge in [-0.25, -0.2) is 10.0 Å². The third-order valence-corrected chi connectivity index (χ3v) is 3.04. The van der Waals surface area contributed by atoms with Gasteiger partial charge in [-0.05, 0) is 6.92 Å². The molecular formula is C10H14N3O7+. The molecule has 1 fully saturated rings. The van der Waals surface area contributed by atoms with Crippen LogP contribution in [0.3, 0.4) is 0 Å². The highest BCUT2D eigenvalue weighted by Crippen LogP contribution is 2.29. The number of rotatable bonds is 4. The number of nitrogens with zero attached hydrogens (tertiary/aromatic N) is 2. The summed E-state index contributed by atoms with van der Waals surface area (Å²) >= 11 is 0. The highest BCUT2D eigenvalue weighted by molar-refractivity contribution is 5.02. The van der Waals surface area contributed by atoms with Gasteiger partial charge in [0.1, 0.15) is 17.2 Å². The van der Waals surface area contributed by atoms with Crippen LogP contribution in [0.5, 0.6) is 0 Å². The Hall–Kier alpha value is -2.20. The second kappa shape index (κ2) is 5.43. The Kier molecular flexibility index (Phi) is 3.86. The van der Waals surface area contributed by atoms with Gasteiger partial charge in [0.25, 0.3) is 5.56 Å². The van der Waals surface area contributed by atoms with Crippen LogP contribution >= 0.6 is 0 Å². The van der Waals surface area contributed by atoms with Crippen LogP contribution < -0.4 is 11.2 Å². The van der Waals surface area contributed by atoms with Crippen molar-refractivity contribution < 1.29 is 25.0 Å². The Bertz CT molecular complexity index is 622. The zero-order valence-corrected chi connectivity index (χ0v) is 10.6. The van der Waals surface area contributed by atoms with Gasteiger partial charge in [0.2, 0.25) is 6.10 Å². The van der Waals surface area contributed by atoms with Crippen molar-refractivity contribution in [1.29, 1.82) is 0 Å². The van der Waals surface area contributed by atoms with E-state index in [1.807, 2.05) is 0 Å². The van der Waals surface area contributed by atoms with E-state index in [1.165, 1.54) is 13.1 Å². The summed E-state index contributed by atoms with van der Waals surface area (Å²) in [5.41, 5.74) is -0.867. The lowest BCUT2D eigenvalue weighted by atomic mass is 10.2. The number of aryl methyl sites for hydroxylation is 1. The molecule has 0 aromatic carbocycles. The molecule has 0 radical (unpaired) electrons. The fourth-order valence-corrected chi connectivity index (χ4v) is 2.06. The number of aliphatic hydroxyl groups is 1. The van der Waals surface area contributed by atoms with Crippen LogP contribution in [0.1, 0.15) is 18.2 Å². The fourth-order valence-electron chi connectivity index (χ4n) is 2.06. The molecule has 2 rings (SSSR count). The Morgan fingerprint density at radius 1 is 1.60 bits per heavy atom. The molecule has 1 aliphatic rings. The first-order valence-electron chi connectivity index (χ1n) is 5.83. The number of aliphatic hydroxyl groups excluding tert-OH is 1. The standard InChI is InChI=1S/C10H13N3O7/c1-5-3-12(10(16)11-9(5)15)8-2-6(20-13(17)18)7(4-14)19-8/h3,6-8,14H,2,4H2,1H3,(H-,11,15,16,17,18)/p+1/t6-,7-,8-/m1/s1. The van der Waals surface area contributed by atoms with Crippen molar-refractivity contribution in [3.63, 3.8) is 0 Å². The minimum Gasteiger partial charge on any atom is -0.394 e. The summed E-state index contributed by atoms with van der Waals surface area (Å²) in [6.07, 6.45) is -1.23. The number of nitrogens with one attached hydrogen (secondary N) is 1. The molecular weight excluding hydrogens is 274 g/mol. The van der Waals surface area contributed by atoms with Crippen LogP contribution in [-0.4, -0.2) is 43.8 Å². The number of ether oxygens (including phenoxy) is 1. The van der Waals surface area contributed by atoms with Crippen LogP contribution in [0.2, 0.25) is 0 Å². The monoisotopic (exact) mass is 288 g/mol. The van der Waals surface area contributed by atoms with Crippen molar-refractivity contribution in [3.05, 3.63) is 37.5 Å². The predicted octanol–water partition coefficient (Wildman–Crippen LogP) is -1.41. The minimum atomic E-state index is -0.911. The first kappa shape index (κ1) is 14.2. The van der Waals surface area contributed by atoms with E-state index in [2.05, 4.69) is 9.82 Å². The normalized spacial score (nSPS) is 25.6. The van der Waals surface area contributed by atoms with Crippen molar-refractivity contribution in [2.24, 2.45) is 0 Å². The zero-order chi connectivity index (χ0) is 14.9. The van der Waals surface area contributed by atoms with Gasteiger partial charge in [-0.2, -0.15) is 4.84 Å². The third-order valence-electron chi connectivity index (χ3n) is 3.04. The first-order chi connectivity index (χ1) is 9.42. The van der Waals surface area contributed by atoms with Gasteiger partial charge in [0, 0.05) is 18.2 Å². The molecule has 0 amide bonds. The average molecular weight is 288 g/mol. The van der Waals surface area contributed by atoms with E-state index in [0.29, 0.717) is 5.56 Å². The molecule has 1 saturated heterocycles. The molecule has 0 saturated carbocycles. The molecule has 3 N–H and O–H groups in total. The Labute approximate surface area is 111 Å². The molecule has 10 nitrogen and oxygen atoms in total. The zero-order valence-electron chi connectivity index (χ0n) is 10.6. The lowest BCUT2D eigenvalue weighted by molar-refractivity contribution is -0.982. The number of aromatic nitrogens is 2. The van der Waals surface area contributed by atoms with Crippen molar-refractivity contribution in [2.45, 2.75) is 31.8 Å². The van der Waals surface area contributed by atoms with Crippen LogP contribution in [0.4, 0.5) is 0 Å². The van der Waals surface area contributed by atoms with Crippen LogP contribution in [0.25, 0.3) is 0 Å². The summed E-state index contributed by atoms with van der Waals surface area (Å²) < 4.78 is 6.51. The van der Waals surface area contributed by atoms with E-state index >= 15 is 0 Å². The molecule has 10 heteroatoms. The molecule has 2 heterocycles. The van der Waals surface area contributed by atoms with Crippen molar-refractivity contribution in [2.75, 3.05) is 6.61 Å². The van der Waals surface area contributed by atoms with Gasteiger partial charge in [-0.1, -0.05) is 0 Å². The Morgan fingerprint density at radius 2 is 2.30 bits per heavy atom. The molecule has 110 valence electrons. The first-order valence-corrected chi connectivity index (χ1v) is 5.83. The third kappa shape index (κ3) is 2.70.